The monoisotopic (exact) mass is 254 g/mol. The predicted octanol–water partition coefficient (Wildman–Crippen LogP) is 4.32. The van der Waals surface area contributed by atoms with E-state index in [1.165, 1.54) is 25.7 Å². The fourth-order valence-electron chi connectivity index (χ4n) is 2.79. The molecule has 2 aliphatic carbocycles. The highest BCUT2D eigenvalue weighted by atomic mass is 79.9. The summed E-state index contributed by atoms with van der Waals surface area (Å²) >= 11 is 3.89. The third-order valence-electron chi connectivity index (χ3n) is 3.62. The van der Waals surface area contributed by atoms with E-state index in [2.05, 4.69) is 47.2 Å². The summed E-state index contributed by atoms with van der Waals surface area (Å²) in [6, 6.07) is 0. The van der Waals surface area contributed by atoms with Gasteiger partial charge in [0.05, 0.1) is 0 Å². The number of fused-ring (bicyclic) bond motifs is 1. The van der Waals surface area contributed by atoms with Gasteiger partial charge in [0.25, 0.3) is 0 Å². The van der Waals surface area contributed by atoms with Gasteiger partial charge in [-0.2, -0.15) is 0 Å². The minimum absolute atomic E-state index is 0.722. The summed E-state index contributed by atoms with van der Waals surface area (Å²) in [6.45, 7) is 2.28. The summed E-state index contributed by atoms with van der Waals surface area (Å²) in [5.41, 5.74) is 0. The van der Waals surface area contributed by atoms with Crippen LogP contribution in [-0.2, 0) is 0 Å². The van der Waals surface area contributed by atoms with Gasteiger partial charge < -0.3 is 0 Å². The van der Waals surface area contributed by atoms with E-state index < -0.39 is 0 Å². The molecule has 2 aliphatic rings. The van der Waals surface area contributed by atoms with Crippen LogP contribution in [-0.4, -0.2) is 4.83 Å². The molecule has 1 fully saturated rings. The summed E-state index contributed by atoms with van der Waals surface area (Å²) in [5.74, 6) is 2.48. The van der Waals surface area contributed by atoms with E-state index in [0.717, 1.165) is 22.6 Å². The molecule has 0 aliphatic heterocycles. The lowest BCUT2D eigenvalue weighted by atomic mass is 9.92. The van der Waals surface area contributed by atoms with Crippen LogP contribution >= 0.6 is 15.9 Å². The molecule has 0 amide bonds. The van der Waals surface area contributed by atoms with Crippen LogP contribution in [0.1, 0.15) is 32.6 Å². The molecule has 78 valence electrons. The molecule has 4 atom stereocenters. The van der Waals surface area contributed by atoms with Crippen molar-refractivity contribution in [1.29, 1.82) is 0 Å². The molecule has 1 heteroatoms. The maximum Gasteiger partial charge on any atom is 0.0242 e. The second-order valence-corrected chi connectivity index (χ2v) is 5.65. The van der Waals surface area contributed by atoms with E-state index in [-0.39, 0.29) is 0 Å². The van der Waals surface area contributed by atoms with Crippen molar-refractivity contribution in [3.63, 3.8) is 0 Å². The first-order valence-corrected chi connectivity index (χ1v) is 6.73. The summed E-state index contributed by atoms with van der Waals surface area (Å²) in [5, 5.41) is 0. The molecule has 0 spiro atoms. The van der Waals surface area contributed by atoms with Gasteiger partial charge in [0.15, 0.2) is 0 Å². The van der Waals surface area contributed by atoms with Crippen molar-refractivity contribution in [3.05, 3.63) is 24.3 Å². The molecule has 4 unspecified atom stereocenters. The van der Waals surface area contributed by atoms with Gasteiger partial charge in [0.1, 0.15) is 0 Å². The maximum absolute atomic E-state index is 3.89. The number of hydrogen-bond acceptors (Lipinski definition) is 0. The van der Waals surface area contributed by atoms with Crippen LogP contribution in [0.4, 0.5) is 0 Å². The molecule has 0 N–H and O–H groups in total. The highest BCUT2D eigenvalue weighted by Gasteiger charge is 2.39. The van der Waals surface area contributed by atoms with Crippen LogP contribution in [0.25, 0.3) is 0 Å². The summed E-state index contributed by atoms with van der Waals surface area (Å²) in [7, 11) is 0. The highest BCUT2D eigenvalue weighted by molar-refractivity contribution is 9.09. The Kier molecular flexibility index (Phi) is 3.48. The van der Waals surface area contributed by atoms with Gasteiger partial charge in [-0.3, -0.25) is 0 Å². The van der Waals surface area contributed by atoms with Crippen molar-refractivity contribution < 1.29 is 0 Å². The predicted molar refractivity (Wildman–Crippen MR) is 65.6 cm³/mol. The molecule has 0 bridgehead atoms. The van der Waals surface area contributed by atoms with Gasteiger partial charge in [0.2, 0.25) is 0 Å². The number of allylic oxidation sites excluding steroid dienone is 4. The standard InChI is InChI=1S/C13H19Br/c1-2-3-6-11-9-10-7-4-5-8-12(10)13(11)14/h4-5,7-8,10-13H,2-3,6,9H2,1H3. The second kappa shape index (κ2) is 4.65. The first-order valence-electron chi connectivity index (χ1n) is 5.82. The zero-order valence-corrected chi connectivity index (χ0v) is 10.4. The average molecular weight is 255 g/mol. The Morgan fingerprint density at radius 3 is 2.79 bits per heavy atom. The minimum atomic E-state index is 0.722. The van der Waals surface area contributed by atoms with Gasteiger partial charge in [-0.05, 0) is 30.6 Å². The van der Waals surface area contributed by atoms with Crippen LogP contribution < -0.4 is 0 Å². The van der Waals surface area contributed by atoms with Gasteiger partial charge in [-0.15, -0.1) is 0 Å². The summed E-state index contributed by atoms with van der Waals surface area (Å²) < 4.78 is 0. The largest absolute Gasteiger partial charge is 0.0881 e. The molecule has 2 rings (SSSR count). The number of halogens is 1. The molecular formula is C13H19Br. The Bertz CT molecular complexity index is 242. The SMILES string of the molecule is CCCCC1CC2C=CC=CC2C1Br. The Hall–Kier alpha value is -0.0400. The van der Waals surface area contributed by atoms with Gasteiger partial charge in [-0.1, -0.05) is 60.0 Å². The number of unbranched alkanes of at least 4 members (excludes halogenated alkanes) is 1. The van der Waals surface area contributed by atoms with E-state index >= 15 is 0 Å². The second-order valence-electron chi connectivity index (χ2n) is 4.59. The Labute approximate surface area is 95.6 Å². The third-order valence-corrected chi connectivity index (χ3v) is 4.98. The van der Waals surface area contributed by atoms with Crippen LogP contribution in [0.3, 0.4) is 0 Å². The zero-order valence-electron chi connectivity index (χ0n) is 8.83. The Morgan fingerprint density at radius 1 is 1.29 bits per heavy atom. The van der Waals surface area contributed by atoms with Crippen LogP contribution in [0.5, 0.6) is 0 Å². The van der Waals surface area contributed by atoms with Crippen LogP contribution in [0.15, 0.2) is 24.3 Å². The third kappa shape index (κ3) is 1.98. The van der Waals surface area contributed by atoms with Crippen molar-refractivity contribution in [3.8, 4) is 0 Å². The van der Waals surface area contributed by atoms with E-state index in [0.29, 0.717) is 0 Å². The lowest BCUT2D eigenvalue weighted by Crippen LogP contribution is -2.15. The molecule has 0 aromatic rings. The lowest BCUT2D eigenvalue weighted by molar-refractivity contribution is 0.479. The van der Waals surface area contributed by atoms with Gasteiger partial charge >= 0.3 is 0 Å². The summed E-state index contributed by atoms with van der Waals surface area (Å²) in [4.78, 5) is 0.722. The van der Waals surface area contributed by atoms with Gasteiger partial charge in [-0.25, -0.2) is 0 Å². The van der Waals surface area contributed by atoms with Crippen molar-refractivity contribution in [2.75, 3.05) is 0 Å². The summed E-state index contributed by atoms with van der Waals surface area (Å²) in [6.07, 6.45) is 14.7. The van der Waals surface area contributed by atoms with Crippen molar-refractivity contribution in [2.45, 2.75) is 37.4 Å². The number of rotatable bonds is 3. The first kappa shape index (κ1) is 10.5. The quantitative estimate of drug-likeness (QED) is 0.659. The Morgan fingerprint density at radius 2 is 2.07 bits per heavy atom. The van der Waals surface area contributed by atoms with E-state index in [1.54, 1.807) is 0 Å². The smallest absolute Gasteiger partial charge is 0.0242 e. The van der Waals surface area contributed by atoms with Crippen LogP contribution in [0, 0.1) is 17.8 Å². The molecule has 0 heterocycles. The van der Waals surface area contributed by atoms with Crippen molar-refractivity contribution in [1.82, 2.24) is 0 Å². The molecule has 0 aromatic carbocycles. The van der Waals surface area contributed by atoms with Crippen molar-refractivity contribution in [2.24, 2.45) is 17.8 Å². The maximum atomic E-state index is 3.89. The highest BCUT2D eigenvalue weighted by Crippen LogP contribution is 2.45. The number of hydrogen-bond donors (Lipinski definition) is 0. The fraction of sp³-hybridized carbons (Fsp3) is 0.692. The Balaban J connectivity index is 1.97. The average Bonchev–Trinajstić information content (AvgIpc) is 2.54. The van der Waals surface area contributed by atoms with E-state index in [4.69, 9.17) is 0 Å². The van der Waals surface area contributed by atoms with Crippen LogP contribution in [0.2, 0.25) is 0 Å². The van der Waals surface area contributed by atoms with E-state index in [1.807, 2.05) is 0 Å². The van der Waals surface area contributed by atoms with E-state index in [9.17, 15) is 0 Å². The molecule has 1 saturated carbocycles. The lowest BCUT2D eigenvalue weighted by Gasteiger charge is -2.18. The molecule has 0 saturated heterocycles. The zero-order chi connectivity index (χ0) is 9.97. The molecule has 0 nitrogen and oxygen atoms in total. The molecule has 14 heavy (non-hydrogen) atoms. The number of alkyl halides is 1. The first-order chi connectivity index (χ1) is 6.83. The molecular weight excluding hydrogens is 236 g/mol. The van der Waals surface area contributed by atoms with Gasteiger partial charge in [0, 0.05) is 4.83 Å². The topological polar surface area (TPSA) is 0 Å². The molecule has 0 aromatic heterocycles. The normalized spacial score (nSPS) is 40.1. The van der Waals surface area contributed by atoms with Crippen molar-refractivity contribution >= 4 is 15.9 Å². The minimum Gasteiger partial charge on any atom is -0.0881 e. The molecule has 0 radical (unpaired) electrons. The fourth-order valence-corrected chi connectivity index (χ4v) is 3.83.